The van der Waals surface area contributed by atoms with Gasteiger partial charge < -0.3 is 18.6 Å². The van der Waals surface area contributed by atoms with Crippen molar-refractivity contribution >= 4 is 17.5 Å². The summed E-state index contributed by atoms with van der Waals surface area (Å²) in [6.45, 7) is 0. The van der Waals surface area contributed by atoms with Gasteiger partial charge in [-0.15, -0.1) is 10.2 Å². The quantitative estimate of drug-likeness (QED) is 0.428. The molecule has 0 aliphatic heterocycles. The molecule has 0 spiro atoms. The van der Waals surface area contributed by atoms with Crippen LogP contribution < -0.4 is 14.2 Å². The summed E-state index contributed by atoms with van der Waals surface area (Å²) in [6, 6.07) is 12.3. The van der Waals surface area contributed by atoms with Crippen molar-refractivity contribution < 1.29 is 23.4 Å². The lowest BCUT2D eigenvalue weighted by atomic mass is 10.1. The molecule has 3 aromatic rings. The molecule has 0 saturated carbocycles. The smallest absolute Gasteiger partial charge is 0.277 e. The average Bonchev–Trinajstić information content (AvgIpc) is 3.20. The van der Waals surface area contributed by atoms with Gasteiger partial charge in [0.2, 0.25) is 0 Å². The Labute approximate surface area is 160 Å². The number of hydrogen-bond donors (Lipinski definition) is 0. The summed E-state index contributed by atoms with van der Waals surface area (Å²) < 4.78 is 21.3. The van der Waals surface area contributed by atoms with Crippen LogP contribution in [0.5, 0.6) is 17.2 Å². The number of Topliss-reactive ketones (excluding diaryl/α,β-unsaturated/α-hetero) is 1. The van der Waals surface area contributed by atoms with Crippen molar-refractivity contribution in [2.75, 3.05) is 27.1 Å². The molecule has 8 heteroatoms. The van der Waals surface area contributed by atoms with Crippen LogP contribution in [0.3, 0.4) is 0 Å². The van der Waals surface area contributed by atoms with Crippen LogP contribution in [0.2, 0.25) is 0 Å². The molecule has 0 radical (unpaired) electrons. The predicted octanol–water partition coefficient (Wildman–Crippen LogP) is 3.74. The van der Waals surface area contributed by atoms with E-state index in [-0.39, 0.29) is 11.5 Å². The zero-order chi connectivity index (χ0) is 19.2. The third-order valence-electron chi connectivity index (χ3n) is 3.76. The maximum atomic E-state index is 12.3. The Hall–Kier alpha value is -3.00. The number of carbonyl (C=O) groups excluding carboxylic acids is 1. The van der Waals surface area contributed by atoms with Crippen LogP contribution in [0.15, 0.2) is 52.1 Å². The molecule has 0 amide bonds. The van der Waals surface area contributed by atoms with E-state index in [1.54, 1.807) is 63.8 Å². The number of nitrogens with zero attached hydrogens (tertiary/aromatic N) is 2. The monoisotopic (exact) mass is 386 g/mol. The fraction of sp³-hybridized carbons (Fsp3) is 0.211. The van der Waals surface area contributed by atoms with Gasteiger partial charge in [-0.1, -0.05) is 23.9 Å². The van der Waals surface area contributed by atoms with Crippen molar-refractivity contribution in [2.45, 2.75) is 5.22 Å². The van der Waals surface area contributed by atoms with E-state index in [0.717, 1.165) is 0 Å². The highest BCUT2D eigenvalue weighted by molar-refractivity contribution is 7.99. The van der Waals surface area contributed by atoms with Gasteiger partial charge in [-0.05, 0) is 24.3 Å². The number of hydrogen-bond acceptors (Lipinski definition) is 8. The van der Waals surface area contributed by atoms with Crippen LogP contribution in [0, 0.1) is 0 Å². The average molecular weight is 386 g/mol. The molecule has 0 aliphatic rings. The highest BCUT2D eigenvalue weighted by Crippen LogP contribution is 2.33. The van der Waals surface area contributed by atoms with Crippen LogP contribution in [0.4, 0.5) is 0 Å². The van der Waals surface area contributed by atoms with Gasteiger partial charge in [0, 0.05) is 11.6 Å². The Balaban J connectivity index is 1.70. The Morgan fingerprint density at radius 2 is 1.78 bits per heavy atom. The summed E-state index contributed by atoms with van der Waals surface area (Å²) in [5, 5.41) is 8.34. The van der Waals surface area contributed by atoms with Gasteiger partial charge in [-0.2, -0.15) is 0 Å². The number of benzene rings is 2. The molecule has 0 fully saturated rings. The van der Waals surface area contributed by atoms with E-state index in [9.17, 15) is 4.79 Å². The number of ether oxygens (including phenoxy) is 3. The van der Waals surface area contributed by atoms with Gasteiger partial charge >= 0.3 is 0 Å². The third-order valence-corrected chi connectivity index (χ3v) is 4.58. The second kappa shape index (κ2) is 8.59. The van der Waals surface area contributed by atoms with Crippen molar-refractivity contribution in [3.63, 3.8) is 0 Å². The van der Waals surface area contributed by atoms with E-state index in [1.165, 1.54) is 11.8 Å². The number of aromatic nitrogens is 2. The molecule has 0 atom stereocenters. The zero-order valence-electron chi connectivity index (χ0n) is 15.1. The van der Waals surface area contributed by atoms with Gasteiger partial charge in [0.25, 0.3) is 11.1 Å². The Morgan fingerprint density at radius 1 is 1.00 bits per heavy atom. The molecule has 1 heterocycles. The number of rotatable bonds is 8. The van der Waals surface area contributed by atoms with E-state index in [2.05, 4.69) is 10.2 Å². The van der Waals surface area contributed by atoms with Crippen LogP contribution in [0.25, 0.3) is 11.5 Å². The zero-order valence-corrected chi connectivity index (χ0v) is 15.9. The molecule has 0 N–H and O–H groups in total. The molecule has 3 rings (SSSR count). The highest BCUT2D eigenvalue weighted by atomic mass is 32.2. The minimum atomic E-state index is -0.0549. The number of carbonyl (C=O) groups is 1. The molecule has 27 heavy (non-hydrogen) atoms. The summed E-state index contributed by atoms with van der Waals surface area (Å²) in [5.41, 5.74) is 1.22. The maximum Gasteiger partial charge on any atom is 0.277 e. The van der Waals surface area contributed by atoms with Crippen molar-refractivity contribution in [3.05, 3.63) is 48.0 Å². The molecule has 1 aromatic heterocycles. The molecule has 0 bridgehead atoms. The second-order valence-corrected chi connectivity index (χ2v) is 6.31. The first-order chi connectivity index (χ1) is 13.1. The number of ketones is 1. The standard InChI is InChI=1S/C19H18N2O5S/c1-23-13-6-4-5-12(9-13)16(22)11-27-19-21-20-18(26-19)15-8-7-14(24-2)10-17(15)25-3/h4-10H,11H2,1-3H3. The van der Waals surface area contributed by atoms with Gasteiger partial charge in [-0.3, -0.25) is 4.79 Å². The first-order valence-corrected chi connectivity index (χ1v) is 8.99. The van der Waals surface area contributed by atoms with E-state index < -0.39 is 0 Å². The molecule has 0 saturated heterocycles. The maximum absolute atomic E-state index is 12.3. The second-order valence-electron chi connectivity index (χ2n) is 5.38. The Bertz CT molecular complexity index is 941. The van der Waals surface area contributed by atoms with Crippen molar-refractivity contribution in [2.24, 2.45) is 0 Å². The normalized spacial score (nSPS) is 10.5. The van der Waals surface area contributed by atoms with Gasteiger partial charge in [-0.25, -0.2) is 0 Å². The number of thioether (sulfide) groups is 1. The van der Waals surface area contributed by atoms with Crippen LogP contribution in [0.1, 0.15) is 10.4 Å². The molecule has 0 aliphatic carbocycles. The minimum absolute atomic E-state index is 0.0549. The fourth-order valence-electron chi connectivity index (χ4n) is 2.36. The van der Waals surface area contributed by atoms with Crippen molar-refractivity contribution in [1.82, 2.24) is 10.2 Å². The lowest BCUT2D eigenvalue weighted by molar-refractivity contribution is 0.102. The summed E-state index contributed by atoms with van der Waals surface area (Å²) >= 11 is 1.18. The minimum Gasteiger partial charge on any atom is -0.497 e. The van der Waals surface area contributed by atoms with Crippen LogP contribution in [-0.2, 0) is 0 Å². The summed E-state index contributed by atoms with van der Waals surface area (Å²) in [7, 11) is 4.69. The Morgan fingerprint density at radius 3 is 2.52 bits per heavy atom. The first-order valence-electron chi connectivity index (χ1n) is 8.00. The fourth-order valence-corrected chi connectivity index (χ4v) is 3.02. The van der Waals surface area contributed by atoms with Gasteiger partial charge in [0.05, 0.1) is 32.6 Å². The number of methoxy groups -OCH3 is 3. The highest BCUT2D eigenvalue weighted by Gasteiger charge is 2.16. The summed E-state index contributed by atoms with van der Waals surface area (Å²) in [4.78, 5) is 12.3. The predicted molar refractivity (Wildman–Crippen MR) is 101 cm³/mol. The largest absolute Gasteiger partial charge is 0.497 e. The lowest BCUT2D eigenvalue weighted by Gasteiger charge is -2.07. The molecule has 2 aromatic carbocycles. The Kier molecular flexibility index (Phi) is 5.97. The summed E-state index contributed by atoms with van der Waals surface area (Å²) in [6.07, 6.45) is 0. The molecular formula is C19H18N2O5S. The van der Waals surface area contributed by atoms with Crippen molar-refractivity contribution in [3.8, 4) is 28.7 Å². The van der Waals surface area contributed by atoms with E-state index >= 15 is 0 Å². The topological polar surface area (TPSA) is 83.7 Å². The molecule has 7 nitrogen and oxygen atoms in total. The van der Waals surface area contributed by atoms with E-state index in [1.807, 2.05) is 0 Å². The van der Waals surface area contributed by atoms with Crippen molar-refractivity contribution in [1.29, 1.82) is 0 Å². The molecule has 140 valence electrons. The van der Waals surface area contributed by atoms with Crippen LogP contribution in [-0.4, -0.2) is 43.1 Å². The SMILES string of the molecule is COc1cccc(C(=O)CSc2nnc(-c3ccc(OC)cc3OC)o2)c1. The van der Waals surface area contributed by atoms with Gasteiger partial charge in [0.15, 0.2) is 5.78 Å². The van der Waals surface area contributed by atoms with Crippen LogP contribution >= 0.6 is 11.8 Å². The summed E-state index contributed by atoms with van der Waals surface area (Å²) in [5.74, 6) is 2.29. The molecule has 0 unspecified atom stereocenters. The third kappa shape index (κ3) is 4.40. The van der Waals surface area contributed by atoms with E-state index in [0.29, 0.717) is 39.5 Å². The first kappa shape index (κ1) is 18.8. The van der Waals surface area contributed by atoms with Gasteiger partial charge in [0.1, 0.15) is 17.2 Å². The molecular weight excluding hydrogens is 368 g/mol. The lowest BCUT2D eigenvalue weighted by Crippen LogP contribution is -2.02. The van der Waals surface area contributed by atoms with E-state index in [4.69, 9.17) is 18.6 Å².